The van der Waals surface area contributed by atoms with E-state index in [1.165, 1.54) is 12.3 Å². The molecule has 10 N–H and O–H groups in total. The first-order valence-corrected chi connectivity index (χ1v) is 13.0. The van der Waals surface area contributed by atoms with Gasteiger partial charge in [0.15, 0.2) is 0 Å². The Morgan fingerprint density at radius 2 is 1.87 bits per heavy atom. The summed E-state index contributed by atoms with van der Waals surface area (Å²) < 4.78 is 50.6. The predicted molar refractivity (Wildman–Crippen MR) is 99.2 cm³/mol. The van der Waals surface area contributed by atoms with E-state index >= 15 is 0 Å². The van der Waals surface area contributed by atoms with E-state index in [-0.39, 0.29) is 19.4 Å². The Hall–Kier alpha value is -0.740. The standard InChI is InChI=1S/C11H23N4O13P3/c12-3-1-11(13)2-4-15(10(17)14-11)9-5-7(16)8(26-9)6-25-30(21,22)28-31(23,24)27-29(18,19)20/h2,4,7-9,16H,1,3,5-6,12-13H2,(H,14,17)(H,21,22)(H,23,24)(H2,18,19,20)/t7-,8+,9+,11?/m0/s1. The minimum absolute atomic E-state index is 0.128. The third-order valence-electron chi connectivity index (χ3n) is 4.00. The number of rotatable bonds is 10. The summed E-state index contributed by atoms with van der Waals surface area (Å²) in [6.07, 6.45) is -0.635. The zero-order chi connectivity index (χ0) is 23.7. The number of phosphoric ester groups is 1. The van der Waals surface area contributed by atoms with Crippen LogP contribution in [0.1, 0.15) is 12.8 Å². The average molecular weight is 512 g/mol. The number of nitrogens with one attached hydrogen (secondary N) is 1. The van der Waals surface area contributed by atoms with Crippen molar-refractivity contribution in [3.05, 3.63) is 12.3 Å². The fraction of sp³-hybridized carbons (Fsp3) is 0.727. The van der Waals surface area contributed by atoms with Crippen LogP contribution >= 0.6 is 23.5 Å². The molecule has 31 heavy (non-hydrogen) atoms. The Labute approximate surface area is 175 Å². The molecule has 0 aromatic carbocycles. The van der Waals surface area contributed by atoms with E-state index in [2.05, 4.69) is 18.5 Å². The van der Waals surface area contributed by atoms with Gasteiger partial charge in [-0.2, -0.15) is 8.62 Å². The van der Waals surface area contributed by atoms with E-state index in [9.17, 15) is 28.5 Å². The zero-order valence-corrected chi connectivity index (χ0v) is 18.3. The van der Waals surface area contributed by atoms with Crippen molar-refractivity contribution in [1.29, 1.82) is 0 Å². The fourth-order valence-electron chi connectivity index (χ4n) is 2.70. The van der Waals surface area contributed by atoms with Crippen LogP contribution < -0.4 is 16.8 Å². The number of nitrogens with two attached hydrogens (primary N) is 2. The Kier molecular flexibility index (Phi) is 8.24. The van der Waals surface area contributed by atoms with Crippen LogP contribution in [0.3, 0.4) is 0 Å². The van der Waals surface area contributed by atoms with Gasteiger partial charge in [-0.1, -0.05) is 0 Å². The van der Waals surface area contributed by atoms with E-state index < -0.39 is 60.2 Å². The van der Waals surface area contributed by atoms with Crippen molar-refractivity contribution in [3.8, 4) is 0 Å². The topological polar surface area (TPSA) is 274 Å². The summed E-state index contributed by atoms with van der Waals surface area (Å²) >= 11 is 0. The lowest BCUT2D eigenvalue weighted by molar-refractivity contribution is -0.0540. The third-order valence-corrected chi connectivity index (χ3v) is 7.80. The van der Waals surface area contributed by atoms with Crippen molar-refractivity contribution in [1.82, 2.24) is 10.2 Å². The quantitative estimate of drug-likeness (QED) is 0.152. The number of hydrogen-bond donors (Lipinski definition) is 8. The van der Waals surface area contributed by atoms with Crippen molar-refractivity contribution in [2.45, 2.75) is 36.9 Å². The molecule has 2 heterocycles. The molecule has 1 saturated heterocycles. The number of carbonyl (C=O) groups excluding carboxylic acids is 1. The predicted octanol–water partition coefficient (Wildman–Crippen LogP) is -1.65. The molecule has 17 nitrogen and oxygen atoms in total. The van der Waals surface area contributed by atoms with Gasteiger partial charge in [-0.3, -0.25) is 9.42 Å². The van der Waals surface area contributed by atoms with Crippen molar-refractivity contribution < 1.29 is 61.1 Å². The highest BCUT2D eigenvalue weighted by Crippen LogP contribution is 2.66. The minimum Gasteiger partial charge on any atom is -0.390 e. The van der Waals surface area contributed by atoms with E-state index in [1.807, 2.05) is 0 Å². The molecule has 1 fully saturated rings. The highest BCUT2D eigenvalue weighted by molar-refractivity contribution is 7.66. The molecule has 2 aliphatic heterocycles. The third kappa shape index (κ3) is 7.96. The molecule has 3 unspecified atom stereocenters. The first kappa shape index (κ1) is 26.5. The summed E-state index contributed by atoms with van der Waals surface area (Å²) in [5.74, 6) is 0. The molecule has 180 valence electrons. The molecule has 6 atom stereocenters. The highest BCUT2D eigenvalue weighted by atomic mass is 31.3. The van der Waals surface area contributed by atoms with Gasteiger partial charge < -0.3 is 46.2 Å². The van der Waals surface area contributed by atoms with E-state index in [0.29, 0.717) is 0 Å². The number of aliphatic hydroxyl groups excluding tert-OH is 1. The van der Waals surface area contributed by atoms with Crippen molar-refractivity contribution in [2.75, 3.05) is 13.2 Å². The molecule has 20 heteroatoms. The van der Waals surface area contributed by atoms with Crippen LogP contribution in [0.2, 0.25) is 0 Å². The second kappa shape index (κ2) is 9.63. The van der Waals surface area contributed by atoms with Crippen LogP contribution in [0.15, 0.2) is 12.3 Å². The van der Waals surface area contributed by atoms with Gasteiger partial charge in [0.05, 0.1) is 12.7 Å². The molecule has 2 aliphatic rings. The maximum Gasteiger partial charge on any atom is 0.490 e. The number of amides is 2. The smallest absolute Gasteiger partial charge is 0.390 e. The largest absolute Gasteiger partial charge is 0.490 e. The molecule has 2 amide bonds. The van der Waals surface area contributed by atoms with E-state index in [1.54, 1.807) is 0 Å². The summed E-state index contributed by atoms with van der Waals surface area (Å²) in [5, 5.41) is 12.6. The average Bonchev–Trinajstić information content (AvgIpc) is 2.90. The summed E-state index contributed by atoms with van der Waals surface area (Å²) in [6.45, 7) is -0.642. The Bertz CT molecular complexity index is 851. The minimum atomic E-state index is -5.67. The number of hydrogen-bond acceptors (Lipinski definition) is 11. The monoisotopic (exact) mass is 512 g/mol. The maximum atomic E-state index is 12.3. The molecule has 0 aromatic rings. The van der Waals surface area contributed by atoms with Gasteiger partial charge in [-0.25, -0.2) is 18.5 Å². The van der Waals surface area contributed by atoms with Crippen LogP contribution in [0.4, 0.5) is 4.79 Å². The summed E-state index contributed by atoms with van der Waals surface area (Å²) in [5.41, 5.74) is 10.2. The lowest BCUT2D eigenvalue weighted by Crippen LogP contribution is -2.62. The first-order valence-electron chi connectivity index (χ1n) is 8.45. The number of ether oxygens (including phenoxy) is 1. The molecule has 0 radical (unpaired) electrons. The van der Waals surface area contributed by atoms with Crippen LogP contribution in [-0.4, -0.2) is 72.9 Å². The molecule has 0 aliphatic carbocycles. The Morgan fingerprint density at radius 3 is 2.42 bits per heavy atom. The van der Waals surface area contributed by atoms with Crippen LogP contribution in [0.5, 0.6) is 0 Å². The SMILES string of the molecule is NCCC1(N)C=CN([C@H]2C[C@H](O)[C@@H](COP(=O)(O)OP(=O)(O)OP(=O)(O)O)O2)C(=O)N1. The number of phosphoric acid groups is 3. The van der Waals surface area contributed by atoms with Crippen molar-refractivity contribution in [3.63, 3.8) is 0 Å². The van der Waals surface area contributed by atoms with Crippen molar-refractivity contribution >= 4 is 29.5 Å². The molecule has 0 spiro atoms. The Balaban J connectivity index is 1.95. The van der Waals surface area contributed by atoms with Gasteiger partial charge in [0.2, 0.25) is 0 Å². The second-order valence-electron chi connectivity index (χ2n) is 6.55. The summed E-state index contributed by atoms with van der Waals surface area (Å²) in [6, 6.07) is -0.649. The molecule has 0 aromatic heterocycles. The van der Waals surface area contributed by atoms with Crippen LogP contribution in [0.25, 0.3) is 0 Å². The van der Waals surface area contributed by atoms with Gasteiger partial charge >= 0.3 is 29.5 Å². The number of nitrogens with zero attached hydrogens (tertiary/aromatic N) is 1. The summed E-state index contributed by atoms with van der Waals surface area (Å²) in [7, 11) is -16.6. The lowest BCUT2D eigenvalue weighted by atomic mass is 10.1. The lowest BCUT2D eigenvalue weighted by Gasteiger charge is -2.36. The highest BCUT2D eigenvalue weighted by Gasteiger charge is 2.44. The molecular formula is C11H23N4O13P3. The van der Waals surface area contributed by atoms with E-state index in [0.717, 1.165) is 4.90 Å². The molecular weight excluding hydrogens is 489 g/mol. The molecule has 0 saturated carbocycles. The van der Waals surface area contributed by atoms with Crippen LogP contribution in [0, 0.1) is 0 Å². The van der Waals surface area contributed by atoms with Gasteiger partial charge in [0.1, 0.15) is 18.0 Å². The van der Waals surface area contributed by atoms with Gasteiger partial charge in [-0.15, -0.1) is 0 Å². The number of urea groups is 1. The zero-order valence-electron chi connectivity index (χ0n) is 15.7. The van der Waals surface area contributed by atoms with Crippen molar-refractivity contribution in [2.24, 2.45) is 11.5 Å². The number of aliphatic hydroxyl groups is 1. The van der Waals surface area contributed by atoms with E-state index in [4.69, 9.17) is 30.9 Å². The molecule has 0 bridgehead atoms. The normalized spacial score (nSPS) is 33.1. The number of carbonyl (C=O) groups is 1. The van der Waals surface area contributed by atoms with Gasteiger partial charge in [-0.05, 0) is 19.0 Å². The maximum absolute atomic E-state index is 12.3. The molecule has 2 rings (SSSR count). The summed E-state index contributed by atoms with van der Waals surface area (Å²) in [4.78, 5) is 48.9. The van der Waals surface area contributed by atoms with Crippen LogP contribution in [-0.2, 0) is 31.6 Å². The first-order chi connectivity index (χ1) is 14.0. The van der Waals surface area contributed by atoms with Gasteiger partial charge in [0, 0.05) is 12.6 Å². The fourth-order valence-corrected chi connectivity index (χ4v) is 5.73. The van der Waals surface area contributed by atoms with Gasteiger partial charge in [0.25, 0.3) is 0 Å². The second-order valence-corrected chi connectivity index (χ2v) is 11.0. The Morgan fingerprint density at radius 1 is 1.23 bits per heavy atom.